The van der Waals surface area contributed by atoms with Gasteiger partial charge in [-0.15, -0.1) is 0 Å². The number of esters is 1. The van der Waals surface area contributed by atoms with Gasteiger partial charge in [0.05, 0.1) is 5.92 Å². The molecule has 1 amide bonds. The molecule has 5 nitrogen and oxygen atoms in total. The largest absolute Gasteiger partial charge is 0.455 e. The van der Waals surface area contributed by atoms with Crippen LogP contribution in [0.25, 0.3) is 0 Å². The fraction of sp³-hybridized carbons (Fsp3) is 0.353. The molecule has 1 aliphatic carbocycles. The third kappa shape index (κ3) is 5.15. The quantitative estimate of drug-likeness (QED) is 0.387. The van der Waals surface area contributed by atoms with E-state index in [1.807, 2.05) is 30.5 Å². The smallest absolute Gasteiger partial charge is 0.309 e. The third-order valence-electron chi connectivity index (χ3n) is 3.58. The molecule has 0 spiro atoms. The molecule has 1 aliphatic rings. The summed E-state index contributed by atoms with van der Waals surface area (Å²) in [5, 5.41) is 13.4. The van der Waals surface area contributed by atoms with E-state index in [4.69, 9.17) is 10.00 Å². The van der Waals surface area contributed by atoms with Crippen LogP contribution < -0.4 is 5.32 Å². The minimum absolute atomic E-state index is 0.142. The molecule has 0 aromatic heterocycles. The van der Waals surface area contributed by atoms with Crippen molar-refractivity contribution in [3.8, 4) is 5.40 Å². The van der Waals surface area contributed by atoms with Crippen LogP contribution in [-0.2, 0) is 14.3 Å². The van der Waals surface area contributed by atoms with E-state index in [1.165, 1.54) is 0 Å². The number of allylic oxidation sites excluding steroid dienone is 2. The van der Waals surface area contributed by atoms with Gasteiger partial charge in [-0.1, -0.05) is 12.2 Å². The van der Waals surface area contributed by atoms with E-state index in [2.05, 4.69) is 5.32 Å². The Kier molecular flexibility index (Phi) is 6.24. The Morgan fingerprint density at radius 3 is 2.91 bits per heavy atom. The van der Waals surface area contributed by atoms with Crippen LogP contribution in [0.3, 0.4) is 0 Å². The minimum Gasteiger partial charge on any atom is -0.455 e. The first kappa shape index (κ1) is 17.1. The topological polar surface area (TPSA) is 79.2 Å². The number of nitrogens with one attached hydrogen (secondary N) is 1. The van der Waals surface area contributed by atoms with Crippen molar-refractivity contribution in [1.29, 1.82) is 5.26 Å². The molecule has 1 aromatic rings. The second kappa shape index (κ2) is 8.39. The van der Waals surface area contributed by atoms with Gasteiger partial charge < -0.3 is 10.1 Å². The van der Waals surface area contributed by atoms with Crippen LogP contribution in [-0.4, -0.2) is 18.5 Å². The first-order valence-electron chi connectivity index (χ1n) is 7.38. The van der Waals surface area contributed by atoms with Crippen molar-refractivity contribution in [2.75, 3.05) is 11.9 Å². The van der Waals surface area contributed by atoms with Crippen molar-refractivity contribution < 1.29 is 14.3 Å². The molecule has 0 saturated carbocycles. The average Bonchev–Trinajstić information content (AvgIpc) is 2.56. The maximum absolute atomic E-state index is 11.9. The Bertz CT molecular complexity index is 664. The molecule has 0 radical (unpaired) electrons. The zero-order chi connectivity index (χ0) is 16.7. The van der Waals surface area contributed by atoms with Crippen LogP contribution in [0.15, 0.2) is 35.2 Å². The second-order valence-electron chi connectivity index (χ2n) is 5.31. The van der Waals surface area contributed by atoms with Gasteiger partial charge in [-0.3, -0.25) is 9.59 Å². The molecule has 1 atom stereocenters. The summed E-state index contributed by atoms with van der Waals surface area (Å²) in [5.74, 6) is -0.827. The molecular formula is C17H18N2O3S. The predicted molar refractivity (Wildman–Crippen MR) is 88.7 cm³/mol. The lowest BCUT2D eigenvalue weighted by molar-refractivity contribution is -0.151. The lowest BCUT2D eigenvalue weighted by Gasteiger charge is -2.16. The number of anilines is 1. The summed E-state index contributed by atoms with van der Waals surface area (Å²) in [6.45, 7) is 1.56. The number of benzene rings is 1. The summed E-state index contributed by atoms with van der Waals surface area (Å²) < 4.78 is 5.09. The standard InChI is InChI=1S/C17H18N2O3S/c1-12-9-14(23-11-18)7-8-15(12)19-16(20)10-22-17(21)13-5-3-2-4-6-13/h2-3,7-9,13H,4-6,10H2,1H3,(H,19,20)/t13-/m0/s1. The summed E-state index contributed by atoms with van der Waals surface area (Å²) in [6, 6.07) is 5.32. The molecule has 120 valence electrons. The molecule has 0 bridgehead atoms. The van der Waals surface area contributed by atoms with Crippen molar-refractivity contribution in [2.45, 2.75) is 31.1 Å². The fourth-order valence-electron chi connectivity index (χ4n) is 2.34. The Morgan fingerprint density at radius 1 is 1.43 bits per heavy atom. The molecule has 2 rings (SSSR count). The molecule has 6 heteroatoms. The molecule has 0 fully saturated rings. The molecule has 0 saturated heterocycles. The van der Waals surface area contributed by atoms with Gasteiger partial charge in [0.25, 0.3) is 5.91 Å². The maximum Gasteiger partial charge on any atom is 0.309 e. The monoisotopic (exact) mass is 330 g/mol. The van der Waals surface area contributed by atoms with Crippen LogP contribution in [0.1, 0.15) is 24.8 Å². The van der Waals surface area contributed by atoms with Crippen LogP contribution in [0.2, 0.25) is 0 Å². The van der Waals surface area contributed by atoms with E-state index in [9.17, 15) is 9.59 Å². The van der Waals surface area contributed by atoms with Crippen molar-refractivity contribution in [2.24, 2.45) is 5.92 Å². The minimum atomic E-state index is -0.367. The highest BCUT2D eigenvalue weighted by molar-refractivity contribution is 8.03. The van der Waals surface area contributed by atoms with E-state index in [0.717, 1.165) is 35.1 Å². The van der Waals surface area contributed by atoms with Crippen molar-refractivity contribution in [3.63, 3.8) is 0 Å². The molecule has 0 heterocycles. The number of thioether (sulfide) groups is 1. The SMILES string of the molecule is Cc1cc(SC#N)ccc1NC(=O)COC(=O)[C@H]1CC=CCC1. The number of hydrogen-bond donors (Lipinski definition) is 1. The summed E-state index contributed by atoms with van der Waals surface area (Å²) >= 11 is 1.06. The Labute approximate surface area is 139 Å². The normalized spacial score (nSPS) is 16.4. The maximum atomic E-state index is 11.9. The predicted octanol–water partition coefficient (Wildman–Crippen LogP) is 3.41. The lowest BCUT2D eigenvalue weighted by Crippen LogP contribution is -2.25. The summed E-state index contributed by atoms with van der Waals surface area (Å²) in [6.07, 6.45) is 6.34. The van der Waals surface area contributed by atoms with Crippen molar-refractivity contribution >= 4 is 29.3 Å². The second-order valence-corrected chi connectivity index (χ2v) is 6.17. The number of carbonyl (C=O) groups excluding carboxylic acids is 2. The van der Waals surface area contributed by atoms with E-state index in [-0.39, 0.29) is 24.4 Å². The number of aryl methyl sites for hydroxylation is 1. The van der Waals surface area contributed by atoms with Crippen LogP contribution in [0.5, 0.6) is 0 Å². The number of hydrogen-bond acceptors (Lipinski definition) is 5. The van der Waals surface area contributed by atoms with Crippen molar-refractivity contribution in [3.05, 3.63) is 35.9 Å². The van der Waals surface area contributed by atoms with Gasteiger partial charge in [-0.2, -0.15) is 5.26 Å². The number of amides is 1. The Balaban J connectivity index is 1.84. The zero-order valence-corrected chi connectivity index (χ0v) is 13.7. The van der Waals surface area contributed by atoms with E-state index in [0.29, 0.717) is 12.1 Å². The summed E-state index contributed by atoms with van der Waals surface area (Å²) in [5.41, 5.74) is 1.50. The Morgan fingerprint density at radius 2 is 2.26 bits per heavy atom. The van der Waals surface area contributed by atoms with Crippen molar-refractivity contribution in [1.82, 2.24) is 0 Å². The number of thiocyanates is 1. The lowest BCUT2D eigenvalue weighted by atomic mass is 9.95. The number of nitrogens with zero attached hydrogens (tertiary/aromatic N) is 1. The molecule has 0 aliphatic heterocycles. The average molecular weight is 330 g/mol. The van der Waals surface area contributed by atoms with Crippen LogP contribution in [0.4, 0.5) is 5.69 Å². The number of ether oxygens (including phenoxy) is 1. The molecule has 1 aromatic carbocycles. The molecule has 0 unspecified atom stereocenters. The first-order chi connectivity index (χ1) is 11.1. The fourth-order valence-corrected chi connectivity index (χ4v) is 2.82. The third-order valence-corrected chi connectivity index (χ3v) is 4.16. The van der Waals surface area contributed by atoms with Gasteiger partial charge in [-0.25, -0.2) is 0 Å². The summed E-state index contributed by atoms with van der Waals surface area (Å²) in [7, 11) is 0. The van der Waals surface area contributed by atoms with Gasteiger partial charge >= 0.3 is 5.97 Å². The molecule has 23 heavy (non-hydrogen) atoms. The summed E-state index contributed by atoms with van der Waals surface area (Å²) in [4.78, 5) is 24.6. The van der Waals surface area contributed by atoms with Gasteiger partial charge in [0.2, 0.25) is 0 Å². The van der Waals surface area contributed by atoms with Gasteiger partial charge in [0.1, 0.15) is 5.40 Å². The number of rotatable bonds is 5. The molecule has 1 N–H and O–H groups in total. The van der Waals surface area contributed by atoms with Crippen LogP contribution in [0, 0.1) is 23.5 Å². The van der Waals surface area contributed by atoms with Crippen LogP contribution >= 0.6 is 11.8 Å². The number of carbonyl (C=O) groups is 2. The van der Waals surface area contributed by atoms with E-state index in [1.54, 1.807) is 12.1 Å². The Hall–Kier alpha value is -2.26. The van der Waals surface area contributed by atoms with E-state index < -0.39 is 0 Å². The number of nitriles is 1. The van der Waals surface area contributed by atoms with E-state index >= 15 is 0 Å². The zero-order valence-electron chi connectivity index (χ0n) is 12.9. The molecular weight excluding hydrogens is 312 g/mol. The van der Waals surface area contributed by atoms with Gasteiger partial charge in [0, 0.05) is 10.6 Å². The highest BCUT2D eigenvalue weighted by Crippen LogP contribution is 2.23. The highest BCUT2D eigenvalue weighted by atomic mass is 32.2. The van der Waals surface area contributed by atoms with Gasteiger partial charge in [0.15, 0.2) is 6.61 Å². The first-order valence-corrected chi connectivity index (χ1v) is 8.20. The van der Waals surface area contributed by atoms with Gasteiger partial charge in [-0.05, 0) is 61.7 Å². The highest BCUT2D eigenvalue weighted by Gasteiger charge is 2.21.